The molecule has 17 heavy (non-hydrogen) atoms. The molecule has 1 aliphatic heterocycles. The molecule has 0 radical (unpaired) electrons. The van der Waals surface area contributed by atoms with Crippen molar-refractivity contribution in [3.63, 3.8) is 0 Å². The van der Waals surface area contributed by atoms with Crippen LogP contribution in [-0.2, 0) is 9.84 Å². The fourth-order valence-electron chi connectivity index (χ4n) is 2.37. The molecule has 5 heteroatoms. The quantitative estimate of drug-likeness (QED) is 0.761. The SMILES string of the molecule is CC(C)S(=O)(=O)CCNC1CCN(C2CC2)C1. The molecule has 0 bridgehead atoms. The van der Waals surface area contributed by atoms with E-state index in [2.05, 4.69) is 10.2 Å². The Kier molecular flexibility index (Phi) is 4.10. The first-order chi connectivity index (χ1) is 7.99. The van der Waals surface area contributed by atoms with Gasteiger partial charge in [0.05, 0.1) is 11.0 Å². The van der Waals surface area contributed by atoms with Gasteiger partial charge in [-0.25, -0.2) is 8.42 Å². The van der Waals surface area contributed by atoms with E-state index in [4.69, 9.17) is 0 Å². The van der Waals surface area contributed by atoms with E-state index in [1.807, 2.05) is 0 Å². The Labute approximate surface area is 105 Å². The normalized spacial score (nSPS) is 26.9. The molecular weight excluding hydrogens is 236 g/mol. The molecule has 2 rings (SSSR count). The van der Waals surface area contributed by atoms with Crippen molar-refractivity contribution in [1.29, 1.82) is 0 Å². The van der Waals surface area contributed by atoms with Crippen molar-refractivity contribution in [2.24, 2.45) is 0 Å². The fourth-order valence-corrected chi connectivity index (χ4v) is 3.24. The molecule has 1 atom stereocenters. The van der Waals surface area contributed by atoms with Crippen molar-refractivity contribution in [2.45, 2.75) is 50.4 Å². The number of rotatable bonds is 6. The molecule has 2 aliphatic rings. The molecule has 2 fully saturated rings. The minimum Gasteiger partial charge on any atom is -0.312 e. The summed E-state index contributed by atoms with van der Waals surface area (Å²) in [6.45, 7) is 6.38. The molecule has 1 aliphatic carbocycles. The molecule has 1 N–H and O–H groups in total. The Morgan fingerprint density at radius 3 is 2.59 bits per heavy atom. The van der Waals surface area contributed by atoms with Crippen molar-refractivity contribution >= 4 is 9.84 Å². The van der Waals surface area contributed by atoms with Crippen LogP contribution in [-0.4, -0.2) is 56.0 Å². The van der Waals surface area contributed by atoms with Crippen LogP contribution in [0.15, 0.2) is 0 Å². The van der Waals surface area contributed by atoms with Gasteiger partial charge in [-0.15, -0.1) is 0 Å². The maximum absolute atomic E-state index is 11.6. The summed E-state index contributed by atoms with van der Waals surface area (Å²) < 4.78 is 23.3. The first-order valence-corrected chi connectivity index (χ1v) is 8.39. The third-order valence-corrected chi connectivity index (χ3v) is 6.03. The van der Waals surface area contributed by atoms with E-state index in [9.17, 15) is 8.42 Å². The van der Waals surface area contributed by atoms with Gasteiger partial charge in [-0.3, -0.25) is 4.90 Å². The lowest BCUT2D eigenvalue weighted by Gasteiger charge is -2.16. The van der Waals surface area contributed by atoms with Crippen molar-refractivity contribution in [2.75, 3.05) is 25.4 Å². The Bertz CT molecular complexity index is 350. The molecule has 0 aromatic heterocycles. The highest BCUT2D eigenvalue weighted by Gasteiger charge is 2.34. The van der Waals surface area contributed by atoms with Gasteiger partial charge in [0.25, 0.3) is 0 Å². The van der Waals surface area contributed by atoms with E-state index in [-0.39, 0.29) is 11.0 Å². The summed E-state index contributed by atoms with van der Waals surface area (Å²) in [4.78, 5) is 2.54. The molecule has 0 aromatic rings. The van der Waals surface area contributed by atoms with Crippen LogP contribution in [0.5, 0.6) is 0 Å². The van der Waals surface area contributed by atoms with Gasteiger partial charge in [0.15, 0.2) is 9.84 Å². The summed E-state index contributed by atoms with van der Waals surface area (Å²) in [5.41, 5.74) is 0. The van der Waals surface area contributed by atoms with Gasteiger partial charge in [0.1, 0.15) is 0 Å². The topological polar surface area (TPSA) is 49.4 Å². The largest absolute Gasteiger partial charge is 0.312 e. The molecule has 4 nitrogen and oxygen atoms in total. The maximum atomic E-state index is 11.6. The first-order valence-electron chi connectivity index (χ1n) is 6.68. The Hall–Kier alpha value is -0.130. The van der Waals surface area contributed by atoms with Gasteiger partial charge >= 0.3 is 0 Å². The van der Waals surface area contributed by atoms with Gasteiger partial charge in [0.2, 0.25) is 0 Å². The second-order valence-corrected chi connectivity index (χ2v) is 8.26. The fraction of sp³-hybridized carbons (Fsp3) is 1.00. The monoisotopic (exact) mass is 260 g/mol. The third-order valence-electron chi connectivity index (χ3n) is 3.82. The van der Waals surface area contributed by atoms with Gasteiger partial charge in [-0.2, -0.15) is 0 Å². The molecule has 100 valence electrons. The third kappa shape index (κ3) is 3.66. The van der Waals surface area contributed by atoms with Crippen molar-refractivity contribution in [3.8, 4) is 0 Å². The highest BCUT2D eigenvalue weighted by molar-refractivity contribution is 7.92. The maximum Gasteiger partial charge on any atom is 0.153 e. The lowest BCUT2D eigenvalue weighted by atomic mass is 10.3. The summed E-state index contributed by atoms with van der Waals surface area (Å²) in [7, 11) is -2.88. The van der Waals surface area contributed by atoms with Crippen LogP contribution in [0.4, 0.5) is 0 Å². The van der Waals surface area contributed by atoms with Crippen molar-refractivity contribution in [1.82, 2.24) is 10.2 Å². The van der Waals surface area contributed by atoms with Crippen LogP contribution < -0.4 is 5.32 Å². The van der Waals surface area contributed by atoms with Crippen LogP contribution in [0.25, 0.3) is 0 Å². The highest BCUT2D eigenvalue weighted by atomic mass is 32.2. The smallest absolute Gasteiger partial charge is 0.153 e. The summed E-state index contributed by atoms with van der Waals surface area (Å²) >= 11 is 0. The molecule has 0 spiro atoms. The number of likely N-dealkylation sites (tertiary alicyclic amines) is 1. The predicted molar refractivity (Wildman–Crippen MR) is 69.9 cm³/mol. The average molecular weight is 260 g/mol. The number of sulfone groups is 1. The Morgan fingerprint density at radius 1 is 1.29 bits per heavy atom. The molecular formula is C12H24N2O2S. The predicted octanol–water partition coefficient (Wildman–Crippen LogP) is 0.636. The number of hydrogen-bond donors (Lipinski definition) is 1. The zero-order valence-electron chi connectivity index (χ0n) is 10.9. The second kappa shape index (κ2) is 5.24. The van der Waals surface area contributed by atoms with Crippen LogP contribution in [0.1, 0.15) is 33.1 Å². The van der Waals surface area contributed by atoms with E-state index < -0.39 is 9.84 Å². The minimum atomic E-state index is -2.88. The summed E-state index contributed by atoms with van der Waals surface area (Å²) in [6, 6.07) is 1.33. The first kappa shape index (κ1) is 13.3. The van der Waals surface area contributed by atoms with Crippen LogP contribution in [0.3, 0.4) is 0 Å². The Balaban J connectivity index is 1.66. The lowest BCUT2D eigenvalue weighted by molar-refractivity contribution is 0.318. The molecule has 0 amide bonds. The molecule has 1 unspecified atom stereocenters. The van der Waals surface area contributed by atoms with Crippen LogP contribution >= 0.6 is 0 Å². The number of hydrogen-bond acceptors (Lipinski definition) is 4. The number of nitrogens with zero attached hydrogens (tertiary/aromatic N) is 1. The summed E-state index contributed by atoms with van der Waals surface area (Å²) in [5, 5.41) is 3.13. The molecule has 1 saturated heterocycles. The van der Waals surface area contributed by atoms with Crippen molar-refractivity contribution in [3.05, 3.63) is 0 Å². The lowest BCUT2D eigenvalue weighted by Crippen LogP contribution is -2.37. The second-order valence-electron chi connectivity index (χ2n) is 5.58. The highest BCUT2D eigenvalue weighted by Crippen LogP contribution is 2.29. The van der Waals surface area contributed by atoms with E-state index in [0.717, 1.165) is 19.0 Å². The van der Waals surface area contributed by atoms with Crippen molar-refractivity contribution < 1.29 is 8.42 Å². The van der Waals surface area contributed by atoms with Gasteiger partial charge in [-0.05, 0) is 33.1 Å². The Morgan fingerprint density at radius 2 is 2.00 bits per heavy atom. The van der Waals surface area contributed by atoms with Crippen LogP contribution in [0.2, 0.25) is 0 Å². The van der Waals surface area contributed by atoms with Gasteiger partial charge in [0, 0.05) is 31.7 Å². The zero-order valence-corrected chi connectivity index (χ0v) is 11.7. The summed E-state index contributed by atoms with van der Waals surface area (Å²) in [6.07, 6.45) is 3.88. The van der Waals surface area contributed by atoms with E-state index in [1.165, 1.54) is 19.4 Å². The van der Waals surface area contributed by atoms with Crippen LogP contribution in [0, 0.1) is 0 Å². The molecule has 1 heterocycles. The van der Waals surface area contributed by atoms with E-state index >= 15 is 0 Å². The minimum absolute atomic E-state index is 0.254. The van der Waals surface area contributed by atoms with Gasteiger partial charge in [-0.1, -0.05) is 0 Å². The molecule has 1 saturated carbocycles. The standard InChI is InChI=1S/C12H24N2O2S/c1-10(2)17(15,16)8-6-13-11-5-7-14(9-11)12-3-4-12/h10-13H,3-9H2,1-2H3. The van der Waals surface area contributed by atoms with E-state index in [1.54, 1.807) is 13.8 Å². The summed E-state index contributed by atoms with van der Waals surface area (Å²) in [5.74, 6) is 0.268. The van der Waals surface area contributed by atoms with Gasteiger partial charge < -0.3 is 5.32 Å². The average Bonchev–Trinajstić information content (AvgIpc) is 2.99. The zero-order chi connectivity index (χ0) is 12.5. The number of nitrogens with one attached hydrogen (secondary N) is 1. The molecule has 0 aromatic carbocycles. The van der Waals surface area contributed by atoms with E-state index in [0.29, 0.717) is 12.6 Å².